The van der Waals surface area contributed by atoms with Gasteiger partial charge < -0.3 is 0 Å². The number of hydrogen-bond donors (Lipinski definition) is 1. The van der Waals surface area contributed by atoms with Crippen molar-refractivity contribution in [2.45, 2.75) is 19.6 Å². The number of aromatic nitrogens is 2. The molecule has 0 fully saturated rings. The minimum atomic E-state index is -4.35. The standard InChI is InChI=1S/C12H10ClF3N2O/c1-7-10(13)18(17-11(7)19)6-8-2-4-9(5-3-8)12(14,15)16/h2-5H,6H2,1H3,(H,17,19). The van der Waals surface area contributed by atoms with E-state index in [2.05, 4.69) is 5.10 Å². The van der Waals surface area contributed by atoms with Crippen LogP contribution in [0.1, 0.15) is 16.7 Å². The summed E-state index contributed by atoms with van der Waals surface area (Å²) in [5.74, 6) is 0. The van der Waals surface area contributed by atoms with Gasteiger partial charge in [-0.1, -0.05) is 23.7 Å². The lowest BCUT2D eigenvalue weighted by Gasteiger charge is -2.08. The van der Waals surface area contributed by atoms with Gasteiger partial charge in [0.05, 0.1) is 17.7 Å². The van der Waals surface area contributed by atoms with Crippen molar-refractivity contribution in [3.8, 4) is 0 Å². The maximum absolute atomic E-state index is 12.4. The van der Waals surface area contributed by atoms with E-state index in [1.807, 2.05) is 0 Å². The fraction of sp³-hybridized carbons (Fsp3) is 0.250. The van der Waals surface area contributed by atoms with E-state index in [0.717, 1.165) is 12.1 Å². The summed E-state index contributed by atoms with van der Waals surface area (Å²) in [5.41, 5.74) is -0.0221. The Kier molecular flexibility index (Phi) is 3.45. The predicted octanol–water partition coefficient (Wildman–Crippen LogP) is 3.21. The lowest BCUT2D eigenvalue weighted by Crippen LogP contribution is -2.08. The van der Waals surface area contributed by atoms with Gasteiger partial charge >= 0.3 is 6.18 Å². The molecule has 1 aromatic heterocycles. The van der Waals surface area contributed by atoms with Crippen LogP contribution in [0.5, 0.6) is 0 Å². The second-order valence-electron chi connectivity index (χ2n) is 4.14. The third-order valence-corrected chi connectivity index (χ3v) is 3.23. The van der Waals surface area contributed by atoms with Gasteiger partial charge in [-0.2, -0.15) is 13.2 Å². The van der Waals surface area contributed by atoms with Crippen LogP contribution in [0, 0.1) is 6.92 Å². The molecule has 1 N–H and O–H groups in total. The van der Waals surface area contributed by atoms with Crippen LogP contribution in [0.15, 0.2) is 29.1 Å². The van der Waals surface area contributed by atoms with E-state index in [1.54, 1.807) is 6.92 Å². The Morgan fingerprint density at radius 3 is 2.26 bits per heavy atom. The Labute approximate surface area is 111 Å². The largest absolute Gasteiger partial charge is 0.416 e. The SMILES string of the molecule is Cc1c(Cl)n(Cc2ccc(C(F)(F)F)cc2)[nH]c1=O. The number of nitrogens with one attached hydrogen (secondary N) is 1. The summed E-state index contributed by atoms with van der Waals surface area (Å²) < 4.78 is 38.6. The zero-order valence-electron chi connectivity index (χ0n) is 9.88. The molecule has 0 unspecified atom stereocenters. The van der Waals surface area contributed by atoms with Crippen molar-refractivity contribution in [2.24, 2.45) is 0 Å². The van der Waals surface area contributed by atoms with Gasteiger partial charge in [0.15, 0.2) is 0 Å². The zero-order chi connectivity index (χ0) is 14.2. The third kappa shape index (κ3) is 2.84. The summed E-state index contributed by atoms with van der Waals surface area (Å²) in [5, 5.41) is 2.77. The fourth-order valence-electron chi connectivity index (χ4n) is 1.64. The van der Waals surface area contributed by atoms with E-state index in [1.165, 1.54) is 16.8 Å². The molecule has 0 saturated carbocycles. The first-order valence-electron chi connectivity index (χ1n) is 5.40. The van der Waals surface area contributed by atoms with Gasteiger partial charge in [0.2, 0.25) is 0 Å². The van der Waals surface area contributed by atoms with Crippen LogP contribution in [0.2, 0.25) is 5.15 Å². The Balaban J connectivity index is 2.25. The van der Waals surface area contributed by atoms with Crippen LogP contribution in [-0.4, -0.2) is 9.78 Å². The van der Waals surface area contributed by atoms with Crippen LogP contribution in [0.4, 0.5) is 13.2 Å². The van der Waals surface area contributed by atoms with Crippen LogP contribution >= 0.6 is 11.6 Å². The Morgan fingerprint density at radius 1 is 1.26 bits per heavy atom. The molecule has 102 valence electrons. The molecular weight excluding hydrogens is 281 g/mol. The number of benzene rings is 1. The first-order chi connectivity index (χ1) is 8.79. The minimum absolute atomic E-state index is 0.208. The van der Waals surface area contributed by atoms with E-state index in [9.17, 15) is 18.0 Å². The molecule has 3 nitrogen and oxygen atoms in total. The number of rotatable bonds is 2. The van der Waals surface area contributed by atoms with Crippen molar-refractivity contribution in [1.82, 2.24) is 9.78 Å². The van der Waals surface area contributed by atoms with Crippen molar-refractivity contribution in [3.05, 3.63) is 56.5 Å². The molecule has 2 aromatic rings. The molecule has 1 aromatic carbocycles. The van der Waals surface area contributed by atoms with Crippen LogP contribution in [-0.2, 0) is 12.7 Å². The quantitative estimate of drug-likeness (QED) is 0.906. The first kappa shape index (κ1) is 13.7. The molecule has 0 aliphatic heterocycles. The average Bonchev–Trinajstić information content (AvgIpc) is 2.57. The molecule has 0 saturated heterocycles. The van der Waals surface area contributed by atoms with E-state index >= 15 is 0 Å². The van der Waals surface area contributed by atoms with Crippen molar-refractivity contribution < 1.29 is 13.2 Å². The molecule has 1 heterocycles. The summed E-state index contributed by atoms with van der Waals surface area (Å²) in [6.45, 7) is 1.78. The van der Waals surface area contributed by atoms with Gasteiger partial charge in [-0.15, -0.1) is 0 Å². The summed E-state index contributed by atoms with van der Waals surface area (Å²) in [6, 6.07) is 4.70. The van der Waals surface area contributed by atoms with E-state index in [0.29, 0.717) is 11.1 Å². The van der Waals surface area contributed by atoms with Crippen molar-refractivity contribution >= 4 is 11.6 Å². The Bertz CT molecular complexity index is 640. The molecule has 19 heavy (non-hydrogen) atoms. The van der Waals surface area contributed by atoms with Crippen LogP contribution in [0.25, 0.3) is 0 Å². The summed E-state index contributed by atoms with van der Waals surface area (Å²) >= 11 is 5.92. The lowest BCUT2D eigenvalue weighted by molar-refractivity contribution is -0.137. The number of halogens is 4. The maximum Gasteiger partial charge on any atom is 0.416 e. The monoisotopic (exact) mass is 290 g/mol. The summed E-state index contributed by atoms with van der Waals surface area (Å²) in [7, 11) is 0. The first-order valence-corrected chi connectivity index (χ1v) is 5.78. The molecule has 7 heteroatoms. The van der Waals surface area contributed by atoms with Crippen molar-refractivity contribution in [3.63, 3.8) is 0 Å². The highest BCUT2D eigenvalue weighted by molar-refractivity contribution is 6.30. The molecule has 0 radical (unpaired) electrons. The van der Waals surface area contributed by atoms with E-state index in [4.69, 9.17) is 11.6 Å². The number of hydrogen-bond acceptors (Lipinski definition) is 1. The number of nitrogens with zero attached hydrogens (tertiary/aromatic N) is 1. The molecule has 2 rings (SSSR count). The van der Waals surface area contributed by atoms with Gasteiger partial charge in [0.1, 0.15) is 5.15 Å². The van der Waals surface area contributed by atoms with Gasteiger partial charge in [0, 0.05) is 0 Å². The van der Waals surface area contributed by atoms with Gasteiger partial charge in [-0.3, -0.25) is 14.6 Å². The van der Waals surface area contributed by atoms with Gasteiger partial charge in [-0.25, -0.2) is 0 Å². The minimum Gasteiger partial charge on any atom is -0.269 e. The summed E-state index contributed by atoms with van der Waals surface area (Å²) in [6.07, 6.45) is -4.35. The topological polar surface area (TPSA) is 37.8 Å². The third-order valence-electron chi connectivity index (χ3n) is 2.75. The second-order valence-corrected chi connectivity index (χ2v) is 4.50. The predicted molar refractivity (Wildman–Crippen MR) is 65.3 cm³/mol. The number of alkyl halides is 3. The maximum atomic E-state index is 12.4. The zero-order valence-corrected chi connectivity index (χ0v) is 10.6. The molecule has 0 spiro atoms. The average molecular weight is 291 g/mol. The van der Waals surface area contributed by atoms with Crippen molar-refractivity contribution in [2.75, 3.05) is 0 Å². The van der Waals surface area contributed by atoms with Crippen LogP contribution < -0.4 is 5.56 Å². The molecule has 0 atom stereocenters. The Hall–Kier alpha value is -1.69. The highest BCUT2D eigenvalue weighted by Gasteiger charge is 2.29. The molecule has 0 amide bonds. The van der Waals surface area contributed by atoms with E-state index < -0.39 is 11.7 Å². The number of H-pyrrole nitrogens is 1. The normalized spacial score (nSPS) is 11.8. The molecular formula is C12H10ClF3N2O. The van der Waals surface area contributed by atoms with Crippen molar-refractivity contribution in [1.29, 1.82) is 0 Å². The molecule has 0 aliphatic carbocycles. The van der Waals surface area contributed by atoms with Gasteiger partial charge in [-0.05, 0) is 24.6 Å². The van der Waals surface area contributed by atoms with E-state index in [-0.39, 0.29) is 17.3 Å². The highest BCUT2D eigenvalue weighted by atomic mass is 35.5. The highest BCUT2D eigenvalue weighted by Crippen LogP contribution is 2.29. The second kappa shape index (κ2) is 4.77. The smallest absolute Gasteiger partial charge is 0.269 e. The molecule has 0 aliphatic rings. The Morgan fingerprint density at radius 2 is 1.84 bits per heavy atom. The summed E-state index contributed by atoms with van der Waals surface area (Å²) in [4.78, 5) is 11.3. The molecule has 0 bridgehead atoms. The van der Waals surface area contributed by atoms with Gasteiger partial charge in [0.25, 0.3) is 5.56 Å². The fourth-order valence-corrected chi connectivity index (χ4v) is 1.83. The van der Waals surface area contributed by atoms with Crippen LogP contribution in [0.3, 0.4) is 0 Å². The lowest BCUT2D eigenvalue weighted by atomic mass is 10.1. The number of aromatic amines is 1.